The van der Waals surface area contributed by atoms with Gasteiger partial charge < -0.3 is 19.9 Å². The van der Waals surface area contributed by atoms with Gasteiger partial charge in [-0.2, -0.15) is 4.98 Å². The number of fused-ring (bicyclic) bond motifs is 1. The van der Waals surface area contributed by atoms with Crippen LogP contribution in [0.15, 0.2) is 27.7 Å². The highest BCUT2D eigenvalue weighted by Gasteiger charge is 2.11. The second-order valence-electron chi connectivity index (χ2n) is 5.37. The van der Waals surface area contributed by atoms with Crippen LogP contribution in [0.1, 0.15) is 22.8 Å². The average molecular weight is 315 g/mol. The number of nitrogens with zero attached hydrogens (tertiary/aromatic N) is 3. The number of hydrogen-bond donors (Lipinski definition) is 2. The number of aryl methyl sites for hydroxylation is 1. The van der Waals surface area contributed by atoms with Crippen molar-refractivity contribution < 1.29 is 9.26 Å². The van der Waals surface area contributed by atoms with Crippen LogP contribution >= 0.6 is 0 Å². The Morgan fingerprint density at radius 1 is 1.35 bits per heavy atom. The molecule has 0 spiro atoms. The molecule has 7 heteroatoms. The van der Waals surface area contributed by atoms with Gasteiger partial charge in [-0.3, -0.25) is 4.99 Å². The van der Waals surface area contributed by atoms with Crippen LogP contribution in [-0.4, -0.2) is 36.3 Å². The van der Waals surface area contributed by atoms with E-state index in [4.69, 9.17) is 9.26 Å². The minimum Gasteiger partial charge on any atom is -0.493 e. The van der Waals surface area contributed by atoms with E-state index in [1.165, 1.54) is 11.1 Å². The lowest BCUT2D eigenvalue weighted by atomic mass is 10.1. The van der Waals surface area contributed by atoms with Gasteiger partial charge in [0.05, 0.1) is 13.2 Å². The standard InChI is InChI=1S/C16H21N5O2/c1-11-20-15(21-23-11)10-19-16(17-2)18-7-5-12-3-4-14-13(9-12)6-8-22-14/h3-4,9H,5-8,10H2,1-2H3,(H2,17,18,19). The molecule has 3 rings (SSSR count). The van der Waals surface area contributed by atoms with E-state index < -0.39 is 0 Å². The number of benzene rings is 1. The quantitative estimate of drug-likeness (QED) is 0.637. The van der Waals surface area contributed by atoms with Gasteiger partial charge in [0.15, 0.2) is 11.8 Å². The first kappa shape index (κ1) is 15.3. The first-order valence-electron chi connectivity index (χ1n) is 7.73. The van der Waals surface area contributed by atoms with Crippen LogP contribution < -0.4 is 15.4 Å². The van der Waals surface area contributed by atoms with Gasteiger partial charge >= 0.3 is 0 Å². The third-order valence-corrected chi connectivity index (χ3v) is 3.67. The fourth-order valence-electron chi connectivity index (χ4n) is 2.52. The lowest BCUT2D eigenvalue weighted by Gasteiger charge is -2.11. The molecule has 0 aliphatic carbocycles. The molecule has 1 aromatic carbocycles. The first-order chi connectivity index (χ1) is 11.2. The zero-order valence-electron chi connectivity index (χ0n) is 13.4. The predicted octanol–water partition coefficient (Wildman–Crippen LogP) is 1.22. The molecule has 2 aromatic rings. The number of aromatic nitrogens is 2. The third-order valence-electron chi connectivity index (χ3n) is 3.67. The van der Waals surface area contributed by atoms with E-state index in [0.717, 1.165) is 37.7 Å². The summed E-state index contributed by atoms with van der Waals surface area (Å²) in [5.41, 5.74) is 2.60. The largest absolute Gasteiger partial charge is 0.493 e. The molecule has 0 fully saturated rings. The number of aliphatic imine (C=N–C) groups is 1. The lowest BCUT2D eigenvalue weighted by molar-refractivity contribution is 0.357. The highest BCUT2D eigenvalue weighted by atomic mass is 16.5. The molecule has 1 aliphatic heterocycles. The normalized spacial score (nSPS) is 13.6. The van der Waals surface area contributed by atoms with Crippen LogP contribution in [0.3, 0.4) is 0 Å². The minimum absolute atomic E-state index is 0.479. The molecular formula is C16H21N5O2. The Morgan fingerprint density at radius 3 is 3.04 bits per heavy atom. The van der Waals surface area contributed by atoms with Crippen LogP contribution in [0.25, 0.3) is 0 Å². The van der Waals surface area contributed by atoms with Crippen molar-refractivity contribution in [1.29, 1.82) is 0 Å². The number of ether oxygens (including phenoxy) is 1. The van der Waals surface area contributed by atoms with E-state index in [9.17, 15) is 0 Å². The molecule has 0 unspecified atom stereocenters. The second-order valence-corrected chi connectivity index (χ2v) is 5.37. The van der Waals surface area contributed by atoms with Crippen LogP contribution in [0.2, 0.25) is 0 Å². The van der Waals surface area contributed by atoms with E-state index in [2.05, 4.69) is 44.0 Å². The summed E-state index contributed by atoms with van der Waals surface area (Å²) in [6.45, 7) is 3.84. The summed E-state index contributed by atoms with van der Waals surface area (Å²) in [4.78, 5) is 8.33. The summed E-state index contributed by atoms with van der Waals surface area (Å²) in [7, 11) is 1.74. The van der Waals surface area contributed by atoms with Gasteiger partial charge in [0.1, 0.15) is 5.75 Å². The first-order valence-corrected chi connectivity index (χ1v) is 7.73. The SMILES string of the molecule is CN=C(NCCc1ccc2c(c1)CCO2)NCc1noc(C)n1. The molecule has 2 heterocycles. The second kappa shape index (κ2) is 7.13. The molecule has 0 saturated heterocycles. The molecule has 0 radical (unpaired) electrons. The zero-order valence-corrected chi connectivity index (χ0v) is 13.4. The third kappa shape index (κ3) is 4.00. The van der Waals surface area contributed by atoms with Crippen molar-refractivity contribution in [3.8, 4) is 5.75 Å². The van der Waals surface area contributed by atoms with Gasteiger partial charge in [0, 0.05) is 26.9 Å². The maximum atomic E-state index is 5.52. The van der Waals surface area contributed by atoms with Crippen LogP contribution in [0.5, 0.6) is 5.75 Å². The lowest BCUT2D eigenvalue weighted by Crippen LogP contribution is -2.38. The predicted molar refractivity (Wildman–Crippen MR) is 86.6 cm³/mol. The van der Waals surface area contributed by atoms with E-state index in [0.29, 0.717) is 18.3 Å². The Bertz CT molecular complexity index is 696. The smallest absolute Gasteiger partial charge is 0.223 e. The highest BCUT2D eigenvalue weighted by molar-refractivity contribution is 5.79. The summed E-state index contributed by atoms with van der Waals surface area (Å²) in [5.74, 6) is 2.92. The van der Waals surface area contributed by atoms with Gasteiger partial charge in [-0.1, -0.05) is 17.3 Å². The Kier molecular flexibility index (Phi) is 4.75. The molecule has 23 heavy (non-hydrogen) atoms. The molecule has 7 nitrogen and oxygen atoms in total. The highest BCUT2D eigenvalue weighted by Crippen LogP contribution is 2.25. The van der Waals surface area contributed by atoms with Crippen molar-refractivity contribution in [1.82, 2.24) is 20.8 Å². The van der Waals surface area contributed by atoms with Crippen molar-refractivity contribution in [2.45, 2.75) is 26.3 Å². The maximum Gasteiger partial charge on any atom is 0.223 e. The summed E-state index contributed by atoms with van der Waals surface area (Å²) >= 11 is 0. The van der Waals surface area contributed by atoms with Crippen molar-refractivity contribution in [2.24, 2.45) is 4.99 Å². The van der Waals surface area contributed by atoms with Crippen molar-refractivity contribution in [3.05, 3.63) is 41.0 Å². The Labute approximate surface area is 135 Å². The monoisotopic (exact) mass is 315 g/mol. The molecule has 1 aromatic heterocycles. The molecule has 1 aliphatic rings. The Hall–Kier alpha value is -2.57. The fraction of sp³-hybridized carbons (Fsp3) is 0.438. The summed E-state index contributed by atoms with van der Waals surface area (Å²) in [5, 5.41) is 10.3. The molecule has 0 bridgehead atoms. The van der Waals surface area contributed by atoms with Crippen LogP contribution in [0, 0.1) is 6.92 Å². The van der Waals surface area contributed by atoms with Gasteiger partial charge in [-0.25, -0.2) is 0 Å². The average Bonchev–Trinajstić information content (AvgIpc) is 3.18. The van der Waals surface area contributed by atoms with Crippen molar-refractivity contribution >= 4 is 5.96 Å². The number of guanidine groups is 1. The van der Waals surface area contributed by atoms with Crippen molar-refractivity contribution in [3.63, 3.8) is 0 Å². The molecule has 122 valence electrons. The van der Waals surface area contributed by atoms with Gasteiger partial charge in [-0.15, -0.1) is 0 Å². The Balaban J connectivity index is 1.45. The van der Waals surface area contributed by atoms with E-state index in [-0.39, 0.29) is 0 Å². The minimum atomic E-state index is 0.479. The van der Waals surface area contributed by atoms with Crippen molar-refractivity contribution in [2.75, 3.05) is 20.2 Å². The zero-order chi connectivity index (χ0) is 16.1. The van der Waals surface area contributed by atoms with Crippen LogP contribution in [-0.2, 0) is 19.4 Å². The van der Waals surface area contributed by atoms with Gasteiger partial charge in [-0.05, 0) is 23.6 Å². The maximum absolute atomic E-state index is 5.52. The summed E-state index contributed by atoms with van der Waals surface area (Å²) < 4.78 is 10.5. The fourth-order valence-corrected chi connectivity index (χ4v) is 2.52. The topological polar surface area (TPSA) is 84.6 Å². The number of nitrogens with one attached hydrogen (secondary N) is 2. The molecule has 0 amide bonds. The molecular weight excluding hydrogens is 294 g/mol. The van der Waals surface area contributed by atoms with E-state index >= 15 is 0 Å². The summed E-state index contributed by atoms with van der Waals surface area (Å²) in [6, 6.07) is 6.40. The summed E-state index contributed by atoms with van der Waals surface area (Å²) in [6.07, 6.45) is 1.93. The Morgan fingerprint density at radius 2 is 2.26 bits per heavy atom. The van der Waals surface area contributed by atoms with Crippen LogP contribution in [0.4, 0.5) is 0 Å². The van der Waals surface area contributed by atoms with Gasteiger partial charge in [0.25, 0.3) is 0 Å². The molecule has 0 saturated carbocycles. The van der Waals surface area contributed by atoms with E-state index in [1.807, 2.05) is 0 Å². The number of hydrogen-bond acceptors (Lipinski definition) is 5. The van der Waals surface area contributed by atoms with Gasteiger partial charge in [0.2, 0.25) is 5.89 Å². The molecule has 2 N–H and O–H groups in total. The molecule has 0 atom stereocenters. The number of rotatable bonds is 5. The van der Waals surface area contributed by atoms with E-state index in [1.54, 1.807) is 14.0 Å².